The molecule has 3 aromatic rings. The SMILES string of the molecule is N#Cc1ncc2[nH]c3ncccc3c2c1N(C1CCNCC1)C1COC1. The molecule has 7 heteroatoms. The van der Waals surface area contributed by atoms with E-state index in [1.807, 2.05) is 6.07 Å². The lowest BCUT2D eigenvalue weighted by molar-refractivity contribution is 0.00373. The molecular formula is C19H20N6O. The minimum absolute atomic E-state index is 0.291. The van der Waals surface area contributed by atoms with Crippen LogP contribution in [0.2, 0.25) is 0 Å². The molecule has 3 aromatic heterocycles. The maximum absolute atomic E-state index is 9.80. The molecule has 2 aliphatic rings. The lowest BCUT2D eigenvalue weighted by Gasteiger charge is -2.45. The number of pyridine rings is 2. The Morgan fingerprint density at radius 1 is 1.19 bits per heavy atom. The topological polar surface area (TPSA) is 89.9 Å². The average molecular weight is 348 g/mol. The first-order chi connectivity index (χ1) is 12.9. The normalized spacial score (nSPS) is 18.7. The van der Waals surface area contributed by atoms with Crippen LogP contribution in [0.4, 0.5) is 5.69 Å². The molecule has 132 valence electrons. The summed E-state index contributed by atoms with van der Waals surface area (Å²) in [4.78, 5) is 14.7. The number of fused-ring (bicyclic) bond motifs is 3. The summed E-state index contributed by atoms with van der Waals surface area (Å²) in [6.45, 7) is 3.39. The van der Waals surface area contributed by atoms with Crippen LogP contribution in [0, 0.1) is 11.3 Å². The van der Waals surface area contributed by atoms with Gasteiger partial charge in [-0.2, -0.15) is 5.26 Å². The second-order valence-electron chi connectivity index (χ2n) is 6.96. The zero-order valence-corrected chi connectivity index (χ0v) is 14.4. The van der Waals surface area contributed by atoms with E-state index in [1.54, 1.807) is 12.4 Å². The number of H-pyrrole nitrogens is 1. The number of ether oxygens (including phenoxy) is 1. The first kappa shape index (κ1) is 15.6. The van der Waals surface area contributed by atoms with Crippen molar-refractivity contribution < 1.29 is 4.74 Å². The van der Waals surface area contributed by atoms with Gasteiger partial charge in [-0.3, -0.25) is 0 Å². The van der Waals surface area contributed by atoms with Gasteiger partial charge in [0.2, 0.25) is 0 Å². The second kappa shape index (κ2) is 6.24. The largest absolute Gasteiger partial charge is 0.377 e. The molecule has 26 heavy (non-hydrogen) atoms. The monoisotopic (exact) mass is 348 g/mol. The second-order valence-corrected chi connectivity index (χ2v) is 6.96. The first-order valence-corrected chi connectivity index (χ1v) is 9.09. The van der Waals surface area contributed by atoms with Crippen molar-refractivity contribution in [3.05, 3.63) is 30.2 Å². The molecule has 0 saturated carbocycles. The molecule has 2 saturated heterocycles. The molecule has 0 aromatic carbocycles. The van der Waals surface area contributed by atoms with E-state index in [1.165, 1.54) is 0 Å². The minimum atomic E-state index is 0.291. The van der Waals surface area contributed by atoms with Gasteiger partial charge >= 0.3 is 0 Å². The van der Waals surface area contributed by atoms with Crippen LogP contribution in [0.15, 0.2) is 24.5 Å². The van der Waals surface area contributed by atoms with Crippen LogP contribution >= 0.6 is 0 Å². The average Bonchev–Trinajstić information content (AvgIpc) is 3.03. The highest BCUT2D eigenvalue weighted by Gasteiger charge is 2.35. The Morgan fingerprint density at radius 3 is 2.77 bits per heavy atom. The van der Waals surface area contributed by atoms with Gasteiger partial charge in [0.15, 0.2) is 5.69 Å². The fourth-order valence-corrected chi connectivity index (χ4v) is 4.17. The molecule has 7 nitrogen and oxygen atoms in total. The molecule has 2 N–H and O–H groups in total. The van der Waals surface area contributed by atoms with Crippen LogP contribution in [0.1, 0.15) is 18.5 Å². The smallest absolute Gasteiger partial charge is 0.164 e. The van der Waals surface area contributed by atoms with E-state index in [-0.39, 0.29) is 0 Å². The molecule has 0 unspecified atom stereocenters. The third-order valence-electron chi connectivity index (χ3n) is 5.46. The summed E-state index contributed by atoms with van der Waals surface area (Å²) in [5.41, 5.74) is 3.17. The maximum atomic E-state index is 9.80. The Labute approximate surface area is 151 Å². The predicted molar refractivity (Wildman–Crippen MR) is 99.1 cm³/mol. The summed E-state index contributed by atoms with van der Waals surface area (Å²) in [5.74, 6) is 0. The Hall–Kier alpha value is -2.69. The van der Waals surface area contributed by atoms with Gasteiger partial charge in [-0.1, -0.05) is 0 Å². The molecule has 0 atom stereocenters. The number of hydrogen-bond acceptors (Lipinski definition) is 6. The lowest BCUT2D eigenvalue weighted by atomic mass is 9.98. The number of hydrogen-bond donors (Lipinski definition) is 2. The van der Waals surface area contributed by atoms with Gasteiger partial charge in [0, 0.05) is 23.0 Å². The van der Waals surface area contributed by atoms with Crippen LogP contribution in [-0.2, 0) is 4.74 Å². The van der Waals surface area contributed by atoms with Gasteiger partial charge in [0.05, 0.1) is 36.7 Å². The quantitative estimate of drug-likeness (QED) is 0.752. The molecule has 0 amide bonds. The Balaban J connectivity index is 1.77. The Kier molecular flexibility index (Phi) is 3.73. The van der Waals surface area contributed by atoms with Crippen molar-refractivity contribution in [2.45, 2.75) is 24.9 Å². The predicted octanol–water partition coefficient (Wildman–Crippen LogP) is 1.94. The highest BCUT2D eigenvalue weighted by Crippen LogP contribution is 2.38. The van der Waals surface area contributed by atoms with Crippen molar-refractivity contribution in [1.82, 2.24) is 20.3 Å². The number of aromatic nitrogens is 3. The number of aromatic amines is 1. The van der Waals surface area contributed by atoms with Crippen LogP contribution in [0.3, 0.4) is 0 Å². The highest BCUT2D eigenvalue weighted by molar-refractivity contribution is 6.13. The van der Waals surface area contributed by atoms with E-state index in [9.17, 15) is 5.26 Å². The number of anilines is 1. The van der Waals surface area contributed by atoms with Gasteiger partial charge in [-0.25, -0.2) is 9.97 Å². The van der Waals surface area contributed by atoms with E-state index in [2.05, 4.69) is 37.3 Å². The lowest BCUT2D eigenvalue weighted by Crippen LogP contribution is -2.56. The van der Waals surface area contributed by atoms with E-state index in [0.717, 1.165) is 53.6 Å². The molecule has 0 spiro atoms. The van der Waals surface area contributed by atoms with Gasteiger partial charge in [0.25, 0.3) is 0 Å². The minimum Gasteiger partial charge on any atom is -0.377 e. The van der Waals surface area contributed by atoms with Crippen LogP contribution in [0.5, 0.6) is 0 Å². The molecule has 5 rings (SSSR count). The van der Waals surface area contributed by atoms with Crippen molar-refractivity contribution in [3.8, 4) is 6.07 Å². The van der Waals surface area contributed by atoms with E-state index in [4.69, 9.17) is 4.74 Å². The van der Waals surface area contributed by atoms with Gasteiger partial charge < -0.3 is 19.9 Å². The molecule has 5 heterocycles. The van der Waals surface area contributed by atoms with E-state index < -0.39 is 0 Å². The third kappa shape index (κ3) is 2.34. The van der Waals surface area contributed by atoms with Gasteiger partial charge in [0.1, 0.15) is 11.7 Å². The van der Waals surface area contributed by atoms with Crippen molar-refractivity contribution >= 4 is 27.6 Å². The zero-order valence-electron chi connectivity index (χ0n) is 14.4. The standard InChI is InChI=1S/C19H20N6O/c20-8-15-18(25(13-10-26-11-13)12-3-6-21-7-4-12)17-14-2-1-5-22-19(14)24-16(17)9-23-15/h1-2,5,9,12-13,21H,3-4,6-7,10-11H2,(H,22,24). The van der Waals surface area contributed by atoms with Crippen molar-refractivity contribution in [3.63, 3.8) is 0 Å². The summed E-state index contributed by atoms with van der Waals surface area (Å²) in [7, 11) is 0. The van der Waals surface area contributed by atoms with Crippen LogP contribution in [-0.4, -0.2) is 53.3 Å². The molecular weight excluding hydrogens is 328 g/mol. The number of nitrogens with one attached hydrogen (secondary N) is 2. The zero-order chi connectivity index (χ0) is 17.5. The van der Waals surface area contributed by atoms with E-state index >= 15 is 0 Å². The molecule has 2 aliphatic heterocycles. The summed E-state index contributed by atoms with van der Waals surface area (Å²) in [6.07, 6.45) is 5.63. The van der Waals surface area contributed by atoms with Crippen molar-refractivity contribution in [2.75, 3.05) is 31.2 Å². The fourth-order valence-electron chi connectivity index (χ4n) is 4.17. The first-order valence-electron chi connectivity index (χ1n) is 9.09. The van der Waals surface area contributed by atoms with Crippen molar-refractivity contribution in [1.29, 1.82) is 5.26 Å². The van der Waals surface area contributed by atoms with Crippen molar-refractivity contribution in [2.24, 2.45) is 0 Å². The maximum Gasteiger partial charge on any atom is 0.164 e. The number of nitriles is 1. The van der Waals surface area contributed by atoms with Gasteiger partial charge in [-0.05, 0) is 38.1 Å². The van der Waals surface area contributed by atoms with E-state index in [0.29, 0.717) is 31.0 Å². The van der Waals surface area contributed by atoms with Crippen LogP contribution in [0.25, 0.3) is 21.9 Å². The summed E-state index contributed by atoms with van der Waals surface area (Å²) >= 11 is 0. The number of piperidine rings is 1. The highest BCUT2D eigenvalue weighted by atomic mass is 16.5. The Morgan fingerprint density at radius 2 is 2.04 bits per heavy atom. The third-order valence-corrected chi connectivity index (χ3v) is 5.46. The number of rotatable bonds is 3. The summed E-state index contributed by atoms with van der Waals surface area (Å²) < 4.78 is 5.50. The molecule has 2 fully saturated rings. The molecule has 0 radical (unpaired) electrons. The van der Waals surface area contributed by atoms with Gasteiger partial charge in [-0.15, -0.1) is 0 Å². The fraction of sp³-hybridized carbons (Fsp3) is 0.421. The summed E-state index contributed by atoms with van der Waals surface area (Å²) in [5, 5.41) is 15.3. The molecule has 0 bridgehead atoms. The Bertz CT molecular complexity index is 996. The molecule has 0 aliphatic carbocycles. The number of nitrogens with zero attached hydrogens (tertiary/aromatic N) is 4. The van der Waals surface area contributed by atoms with Crippen LogP contribution < -0.4 is 10.2 Å². The summed E-state index contributed by atoms with van der Waals surface area (Å²) in [6, 6.07) is 6.99.